The van der Waals surface area contributed by atoms with Gasteiger partial charge in [-0.25, -0.2) is 0 Å². The summed E-state index contributed by atoms with van der Waals surface area (Å²) < 4.78 is 0. The second-order valence-corrected chi connectivity index (χ2v) is 3.46. The summed E-state index contributed by atoms with van der Waals surface area (Å²) in [6.45, 7) is 0. The van der Waals surface area contributed by atoms with Crippen molar-refractivity contribution in [2.75, 3.05) is 0 Å². The molecule has 1 fully saturated rings. The van der Waals surface area contributed by atoms with Crippen molar-refractivity contribution < 1.29 is 4.79 Å². The Morgan fingerprint density at radius 2 is 2.31 bits per heavy atom. The van der Waals surface area contributed by atoms with Crippen LogP contribution in [-0.4, -0.2) is 15.8 Å². The number of nitrogens with zero attached hydrogens (tertiary/aromatic N) is 2. The van der Waals surface area contributed by atoms with Gasteiger partial charge >= 0.3 is 0 Å². The molecule has 1 aromatic rings. The topological polar surface area (TPSA) is 42.9 Å². The van der Waals surface area contributed by atoms with Crippen LogP contribution in [0.1, 0.15) is 37.3 Å². The predicted molar refractivity (Wildman–Crippen MR) is 48.2 cm³/mol. The number of carbonyl (C=O) groups is 1. The zero-order valence-corrected chi connectivity index (χ0v) is 7.44. The fourth-order valence-electron chi connectivity index (χ4n) is 1.80. The monoisotopic (exact) mass is 176 g/mol. The molecule has 13 heavy (non-hydrogen) atoms. The number of hydrogen-bond donors (Lipinski definition) is 0. The van der Waals surface area contributed by atoms with Crippen molar-refractivity contribution >= 4 is 5.78 Å². The summed E-state index contributed by atoms with van der Waals surface area (Å²) in [6, 6.07) is 0. The second kappa shape index (κ2) is 3.64. The summed E-state index contributed by atoms with van der Waals surface area (Å²) in [4.78, 5) is 19.4. The Hall–Kier alpha value is -1.25. The molecule has 0 aromatic carbocycles. The van der Waals surface area contributed by atoms with Crippen molar-refractivity contribution in [3.63, 3.8) is 0 Å². The number of carbonyl (C=O) groups excluding carboxylic acids is 1. The molecule has 0 amide bonds. The van der Waals surface area contributed by atoms with E-state index in [1.165, 1.54) is 0 Å². The lowest BCUT2D eigenvalue weighted by Crippen LogP contribution is -2.14. The first-order valence-corrected chi connectivity index (χ1v) is 4.64. The normalized spacial score (nSPS) is 23.1. The molecule has 1 heterocycles. The van der Waals surface area contributed by atoms with E-state index in [1.54, 1.807) is 18.6 Å². The molecule has 0 N–H and O–H groups in total. The van der Waals surface area contributed by atoms with Gasteiger partial charge in [-0.05, 0) is 12.8 Å². The van der Waals surface area contributed by atoms with Crippen LogP contribution in [0.3, 0.4) is 0 Å². The zero-order chi connectivity index (χ0) is 9.10. The fraction of sp³-hybridized carbons (Fsp3) is 0.500. The van der Waals surface area contributed by atoms with Gasteiger partial charge in [-0.15, -0.1) is 0 Å². The fourth-order valence-corrected chi connectivity index (χ4v) is 1.80. The Labute approximate surface area is 77.2 Å². The molecular formula is C10H12N2O. The Balaban J connectivity index is 2.13. The Morgan fingerprint density at radius 1 is 1.38 bits per heavy atom. The summed E-state index contributed by atoms with van der Waals surface area (Å²) >= 11 is 0. The van der Waals surface area contributed by atoms with E-state index in [0.29, 0.717) is 18.1 Å². The lowest BCUT2D eigenvalue weighted by molar-refractivity contribution is -0.120. The van der Waals surface area contributed by atoms with Gasteiger partial charge in [-0.2, -0.15) is 0 Å². The average molecular weight is 176 g/mol. The Kier molecular flexibility index (Phi) is 2.34. The van der Waals surface area contributed by atoms with Gasteiger partial charge in [0, 0.05) is 37.4 Å². The van der Waals surface area contributed by atoms with Crippen LogP contribution in [0.5, 0.6) is 0 Å². The highest BCUT2D eigenvalue weighted by atomic mass is 16.1. The first-order valence-electron chi connectivity index (χ1n) is 4.64. The first kappa shape index (κ1) is 8.35. The van der Waals surface area contributed by atoms with Crippen LogP contribution < -0.4 is 0 Å². The van der Waals surface area contributed by atoms with Gasteiger partial charge in [-0.3, -0.25) is 14.8 Å². The molecule has 0 spiro atoms. The van der Waals surface area contributed by atoms with E-state index < -0.39 is 0 Å². The Bertz CT molecular complexity index is 297. The first-order chi connectivity index (χ1) is 6.36. The number of rotatable bonds is 1. The molecule has 0 saturated heterocycles. The van der Waals surface area contributed by atoms with Crippen LogP contribution in [0.25, 0.3) is 0 Å². The molecule has 2 rings (SSSR count). The van der Waals surface area contributed by atoms with Gasteiger partial charge < -0.3 is 0 Å². The van der Waals surface area contributed by atoms with E-state index in [1.807, 2.05) is 0 Å². The molecule has 1 aromatic heterocycles. The molecular weight excluding hydrogens is 164 g/mol. The number of aromatic nitrogens is 2. The molecule has 3 nitrogen and oxygen atoms in total. The Morgan fingerprint density at radius 3 is 3.00 bits per heavy atom. The summed E-state index contributed by atoms with van der Waals surface area (Å²) in [5.41, 5.74) is 0.968. The summed E-state index contributed by atoms with van der Waals surface area (Å²) in [5, 5.41) is 0. The van der Waals surface area contributed by atoms with Gasteiger partial charge in [-0.1, -0.05) is 0 Å². The summed E-state index contributed by atoms with van der Waals surface area (Å²) in [5.74, 6) is 0.678. The SMILES string of the molecule is O=C1CCCC(c2cnccn2)C1. The van der Waals surface area contributed by atoms with E-state index in [0.717, 1.165) is 25.0 Å². The maximum Gasteiger partial charge on any atom is 0.133 e. The molecule has 0 aliphatic heterocycles. The van der Waals surface area contributed by atoms with E-state index in [-0.39, 0.29) is 0 Å². The van der Waals surface area contributed by atoms with Gasteiger partial charge in [0.15, 0.2) is 0 Å². The van der Waals surface area contributed by atoms with Gasteiger partial charge in [0.2, 0.25) is 0 Å². The average Bonchev–Trinajstić information content (AvgIpc) is 2.19. The van der Waals surface area contributed by atoms with Crippen LogP contribution in [0.2, 0.25) is 0 Å². The van der Waals surface area contributed by atoms with Crippen molar-refractivity contribution in [1.29, 1.82) is 0 Å². The highest BCUT2D eigenvalue weighted by molar-refractivity contribution is 5.79. The zero-order valence-electron chi connectivity index (χ0n) is 7.44. The maximum atomic E-state index is 11.2. The molecule has 1 atom stereocenters. The third-order valence-electron chi connectivity index (χ3n) is 2.48. The third-order valence-corrected chi connectivity index (χ3v) is 2.48. The molecule has 3 heteroatoms. The predicted octanol–water partition coefficient (Wildman–Crippen LogP) is 1.70. The van der Waals surface area contributed by atoms with Crippen LogP contribution in [-0.2, 0) is 4.79 Å². The molecule has 1 aliphatic rings. The van der Waals surface area contributed by atoms with Crippen LogP contribution in [0.15, 0.2) is 18.6 Å². The molecule has 1 unspecified atom stereocenters. The summed E-state index contributed by atoms with van der Waals surface area (Å²) in [6.07, 6.45) is 8.59. The van der Waals surface area contributed by atoms with Gasteiger partial charge in [0.1, 0.15) is 5.78 Å². The minimum Gasteiger partial charge on any atom is -0.300 e. The quantitative estimate of drug-likeness (QED) is 0.654. The maximum absolute atomic E-state index is 11.2. The van der Waals surface area contributed by atoms with Crippen LogP contribution >= 0.6 is 0 Å². The lowest BCUT2D eigenvalue weighted by atomic mass is 9.86. The molecule has 1 saturated carbocycles. The van der Waals surface area contributed by atoms with E-state index in [4.69, 9.17) is 0 Å². The minimum atomic E-state index is 0.315. The van der Waals surface area contributed by atoms with Crippen molar-refractivity contribution in [2.45, 2.75) is 31.6 Å². The lowest BCUT2D eigenvalue weighted by Gasteiger charge is -2.19. The smallest absolute Gasteiger partial charge is 0.133 e. The molecule has 68 valence electrons. The number of ketones is 1. The van der Waals surface area contributed by atoms with Gasteiger partial charge in [0.25, 0.3) is 0 Å². The van der Waals surface area contributed by atoms with Crippen molar-refractivity contribution in [1.82, 2.24) is 9.97 Å². The van der Waals surface area contributed by atoms with Crippen molar-refractivity contribution in [3.8, 4) is 0 Å². The highest BCUT2D eigenvalue weighted by Crippen LogP contribution is 2.28. The number of hydrogen-bond acceptors (Lipinski definition) is 3. The molecule has 1 aliphatic carbocycles. The van der Waals surface area contributed by atoms with E-state index >= 15 is 0 Å². The van der Waals surface area contributed by atoms with Crippen LogP contribution in [0, 0.1) is 0 Å². The van der Waals surface area contributed by atoms with Crippen LogP contribution in [0.4, 0.5) is 0 Å². The van der Waals surface area contributed by atoms with Gasteiger partial charge in [0.05, 0.1) is 5.69 Å². The molecule has 0 bridgehead atoms. The minimum absolute atomic E-state index is 0.315. The van der Waals surface area contributed by atoms with Crippen molar-refractivity contribution in [3.05, 3.63) is 24.3 Å². The number of Topliss-reactive ketones (excluding diaryl/α,β-unsaturated/α-hetero) is 1. The third kappa shape index (κ3) is 1.91. The van der Waals surface area contributed by atoms with E-state index in [2.05, 4.69) is 9.97 Å². The second-order valence-electron chi connectivity index (χ2n) is 3.46. The van der Waals surface area contributed by atoms with Crippen molar-refractivity contribution in [2.24, 2.45) is 0 Å². The standard InChI is InChI=1S/C10H12N2O/c13-9-3-1-2-8(6-9)10-7-11-4-5-12-10/h4-5,7-8H,1-3,6H2. The summed E-state index contributed by atoms with van der Waals surface area (Å²) in [7, 11) is 0. The largest absolute Gasteiger partial charge is 0.300 e. The highest BCUT2D eigenvalue weighted by Gasteiger charge is 2.21. The van der Waals surface area contributed by atoms with E-state index in [9.17, 15) is 4.79 Å². The molecule has 0 radical (unpaired) electrons.